The van der Waals surface area contributed by atoms with Crippen LogP contribution in [0.3, 0.4) is 0 Å². The molecule has 0 spiro atoms. The predicted molar refractivity (Wildman–Crippen MR) is 47.4 cm³/mol. The zero-order valence-electron chi connectivity index (χ0n) is 7.42. The molecule has 0 bridgehead atoms. The van der Waals surface area contributed by atoms with Crippen molar-refractivity contribution in [3.8, 4) is 0 Å². The van der Waals surface area contributed by atoms with Gasteiger partial charge in [-0.1, -0.05) is 0 Å². The Kier molecular flexibility index (Phi) is 3.35. The van der Waals surface area contributed by atoms with E-state index in [1.165, 1.54) is 0 Å². The van der Waals surface area contributed by atoms with Crippen LogP contribution in [-0.4, -0.2) is 36.1 Å². The molecular weight excluding hydrogens is 178 g/mol. The fraction of sp³-hybridized carbons (Fsp3) is 0.875. The molecule has 0 saturated carbocycles. The first-order chi connectivity index (χ1) is 5.66. The first kappa shape index (κ1) is 9.81. The van der Waals surface area contributed by atoms with Crippen molar-refractivity contribution in [2.75, 3.05) is 13.7 Å². The molecule has 1 rings (SSSR count). The maximum Gasteiger partial charge on any atom is 0.316 e. The Labute approximate surface area is 77.6 Å². The van der Waals surface area contributed by atoms with E-state index in [0.29, 0.717) is 0 Å². The highest BCUT2D eigenvalue weighted by molar-refractivity contribution is 6.62. The second-order valence-corrected chi connectivity index (χ2v) is 3.43. The lowest BCUT2D eigenvalue weighted by Gasteiger charge is -2.37. The van der Waals surface area contributed by atoms with Gasteiger partial charge in [-0.25, -0.2) is 0 Å². The maximum absolute atomic E-state index is 10.9. The topological polar surface area (TPSA) is 29.5 Å². The number of ether oxygens (including phenoxy) is 1. The van der Waals surface area contributed by atoms with Gasteiger partial charge in [0.05, 0.1) is 12.1 Å². The summed E-state index contributed by atoms with van der Waals surface area (Å²) in [6, 6.07) is 0.105. The van der Waals surface area contributed by atoms with Crippen molar-refractivity contribution >= 4 is 17.0 Å². The van der Waals surface area contributed by atoms with Crippen LogP contribution >= 0.6 is 11.6 Å². The van der Waals surface area contributed by atoms with E-state index < -0.39 is 0 Å². The molecule has 1 saturated heterocycles. The molecule has 2 atom stereocenters. The van der Waals surface area contributed by atoms with Crippen LogP contribution < -0.4 is 0 Å². The molecular formula is C8H14ClNO2. The Balaban J connectivity index is 2.59. The van der Waals surface area contributed by atoms with Crippen LogP contribution in [0.2, 0.25) is 0 Å². The van der Waals surface area contributed by atoms with Crippen LogP contribution in [0, 0.1) is 0 Å². The summed E-state index contributed by atoms with van der Waals surface area (Å²) in [7, 11) is 1.67. The number of rotatable bonds is 1. The fourth-order valence-electron chi connectivity index (χ4n) is 1.67. The highest BCUT2D eigenvalue weighted by Crippen LogP contribution is 2.20. The van der Waals surface area contributed by atoms with Gasteiger partial charge in [0, 0.05) is 13.7 Å². The van der Waals surface area contributed by atoms with Crippen LogP contribution in [-0.2, 0) is 4.74 Å². The Morgan fingerprint density at radius 3 is 2.83 bits per heavy atom. The van der Waals surface area contributed by atoms with E-state index in [-0.39, 0.29) is 17.5 Å². The lowest BCUT2D eigenvalue weighted by atomic mass is 10.0. The molecule has 1 aliphatic rings. The van der Waals surface area contributed by atoms with Gasteiger partial charge in [0.1, 0.15) is 0 Å². The quantitative estimate of drug-likeness (QED) is 0.468. The van der Waals surface area contributed by atoms with Gasteiger partial charge >= 0.3 is 5.37 Å². The highest BCUT2D eigenvalue weighted by atomic mass is 35.5. The molecule has 0 aromatic carbocycles. The predicted octanol–water partition coefficient (Wildman–Crippen LogP) is 1.84. The largest absolute Gasteiger partial charge is 0.379 e. The maximum atomic E-state index is 10.9. The number of piperidine rings is 1. The zero-order valence-corrected chi connectivity index (χ0v) is 8.17. The number of amides is 1. The molecule has 1 fully saturated rings. The third-order valence-electron chi connectivity index (χ3n) is 2.45. The van der Waals surface area contributed by atoms with E-state index in [4.69, 9.17) is 16.3 Å². The second kappa shape index (κ2) is 4.10. The van der Waals surface area contributed by atoms with Crippen molar-refractivity contribution in [1.82, 2.24) is 4.90 Å². The highest BCUT2D eigenvalue weighted by Gasteiger charge is 2.29. The summed E-state index contributed by atoms with van der Waals surface area (Å²) >= 11 is 5.41. The first-order valence-electron chi connectivity index (χ1n) is 4.15. The number of hydrogen-bond donors (Lipinski definition) is 0. The molecule has 3 nitrogen and oxygen atoms in total. The van der Waals surface area contributed by atoms with Gasteiger partial charge in [-0.3, -0.25) is 4.79 Å². The number of hydrogen-bond acceptors (Lipinski definition) is 2. The Morgan fingerprint density at radius 1 is 1.67 bits per heavy atom. The van der Waals surface area contributed by atoms with Gasteiger partial charge in [0.25, 0.3) is 0 Å². The average Bonchev–Trinajstić information content (AvgIpc) is 2.04. The Bertz CT molecular complexity index is 174. The Morgan fingerprint density at radius 2 is 2.33 bits per heavy atom. The molecule has 0 aliphatic carbocycles. The first-order valence-corrected chi connectivity index (χ1v) is 4.53. The molecule has 1 heterocycles. The minimum Gasteiger partial charge on any atom is -0.379 e. The van der Waals surface area contributed by atoms with Gasteiger partial charge in [0.15, 0.2) is 0 Å². The van der Waals surface area contributed by atoms with E-state index in [1.807, 2.05) is 6.92 Å². The number of likely N-dealkylation sites (tertiary alicyclic amines) is 1. The van der Waals surface area contributed by atoms with Gasteiger partial charge in [-0.2, -0.15) is 0 Å². The van der Waals surface area contributed by atoms with Gasteiger partial charge < -0.3 is 9.64 Å². The zero-order chi connectivity index (χ0) is 9.14. The van der Waals surface area contributed by atoms with E-state index >= 15 is 0 Å². The lowest BCUT2D eigenvalue weighted by Crippen LogP contribution is -2.48. The summed E-state index contributed by atoms with van der Waals surface area (Å²) < 4.78 is 5.23. The summed E-state index contributed by atoms with van der Waals surface area (Å²) in [4.78, 5) is 12.6. The molecule has 12 heavy (non-hydrogen) atoms. The second-order valence-electron chi connectivity index (χ2n) is 3.10. The normalized spacial score (nSPS) is 30.4. The van der Waals surface area contributed by atoms with Crippen molar-refractivity contribution in [2.45, 2.75) is 31.9 Å². The molecule has 1 amide bonds. The van der Waals surface area contributed by atoms with Crippen molar-refractivity contribution < 1.29 is 9.53 Å². The number of carbonyl (C=O) groups excluding carboxylic acids is 1. The molecule has 1 aliphatic heterocycles. The summed E-state index contributed by atoms with van der Waals surface area (Å²) in [5.74, 6) is 0. The third-order valence-corrected chi connectivity index (χ3v) is 2.66. The summed E-state index contributed by atoms with van der Waals surface area (Å²) in [5, 5.41) is -0.371. The van der Waals surface area contributed by atoms with Gasteiger partial charge in [-0.05, 0) is 31.4 Å². The van der Waals surface area contributed by atoms with Crippen LogP contribution in [0.15, 0.2) is 0 Å². The van der Waals surface area contributed by atoms with Crippen LogP contribution in [0.25, 0.3) is 0 Å². The number of halogens is 1. The van der Waals surface area contributed by atoms with E-state index in [2.05, 4.69) is 0 Å². The minimum absolute atomic E-state index is 0.105. The molecule has 0 aromatic rings. The molecule has 0 N–H and O–H groups in total. The van der Waals surface area contributed by atoms with Crippen molar-refractivity contribution in [3.63, 3.8) is 0 Å². The van der Waals surface area contributed by atoms with E-state index in [9.17, 15) is 4.79 Å². The molecule has 0 radical (unpaired) electrons. The van der Waals surface area contributed by atoms with Crippen molar-refractivity contribution in [2.24, 2.45) is 0 Å². The summed E-state index contributed by atoms with van der Waals surface area (Å²) in [6.45, 7) is 2.72. The minimum atomic E-state index is -0.371. The SMILES string of the molecule is CO[C@@H]1CCCN(C(=O)Cl)[C@@H]1C. The molecule has 4 heteroatoms. The standard InChI is InChI=1S/C8H14ClNO2/c1-6-7(12-2)4-3-5-10(6)8(9)11/h6-7H,3-5H2,1-2H3/t6-,7-/m1/s1. The molecule has 0 unspecified atom stereocenters. The van der Waals surface area contributed by atoms with Crippen LogP contribution in [0.5, 0.6) is 0 Å². The molecule has 0 aromatic heterocycles. The summed E-state index contributed by atoms with van der Waals surface area (Å²) in [5.41, 5.74) is 0. The van der Waals surface area contributed by atoms with Crippen LogP contribution in [0.1, 0.15) is 19.8 Å². The average molecular weight is 192 g/mol. The third kappa shape index (κ3) is 1.90. The van der Waals surface area contributed by atoms with Gasteiger partial charge in [0.2, 0.25) is 0 Å². The summed E-state index contributed by atoms with van der Waals surface area (Å²) in [6.07, 6.45) is 2.13. The Hall–Kier alpha value is -0.280. The van der Waals surface area contributed by atoms with E-state index in [1.54, 1.807) is 12.0 Å². The van der Waals surface area contributed by atoms with E-state index in [0.717, 1.165) is 19.4 Å². The number of methoxy groups -OCH3 is 1. The van der Waals surface area contributed by atoms with Gasteiger partial charge in [-0.15, -0.1) is 0 Å². The van der Waals surface area contributed by atoms with Crippen molar-refractivity contribution in [1.29, 1.82) is 0 Å². The fourth-order valence-corrected chi connectivity index (χ4v) is 1.91. The van der Waals surface area contributed by atoms with Crippen LogP contribution in [0.4, 0.5) is 4.79 Å². The van der Waals surface area contributed by atoms with Crippen molar-refractivity contribution in [3.05, 3.63) is 0 Å². The lowest BCUT2D eigenvalue weighted by molar-refractivity contribution is 0.00944. The smallest absolute Gasteiger partial charge is 0.316 e. The number of nitrogens with zero attached hydrogens (tertiary/aromatic N) is 1. The molecule has 70 valence electrons. The monoisotopic (exact) mass is 191 g/mol. The number of carbonyl (C=O) groups is 1.